The Labute approximate surface area is 204 Å². The maximum atomic E-state index is 11.1. The summed E-state index contributed by atoms with van der Waals surface area (Å²) in [5.41, 5.74) is 7.66. The predicted octanol–water partition coefficient (Wildman–Crippen LogP) is 3.64. The van der Waals surface area contributed by atoms with Gasteiger partial charge in [-0.3, -0.25) is 4.79 Å². The van der Waals surface area contributed by atoms with Crippen LogP contribution < -0.4 is 20.5 Å². The molecular weight excluding hydrogens is 446 g/mol. The van der Waals surface area contributed by atoms with Crippen LogP contribution in [0.1, 0.15) is 19.4 Å². The fourth-order valence-electron chi connectivity index (χ4n) is 4.01. The third kappa shape index (κ3) is 6.23. The number of aliphatic hydroxyl groups is 1. The molecule has 0 aliphatic rings. The first-order valence-corrected chi connectivity index (χ1v) is 11.5. The van der Waals surface area contributed by atoms with Crippen molar-refractivity contribution < 1.29 is 23.8 Å². The van der Waals surface area contributed by atoms with E-state index in [9.17, 15) is 9.90 Å². The van der Waals surface area contributed by atoms with E-state index >= 15 is 0 Å². The van der Waals surface area contributed by atoms with E-state index in [0.29, 0.717) is 24.5 Å². The number of furan rings is 1. The normalized spacial score (nSPS) is 12.5. The lowest BCUT2D eigenvalue weighted by molar-refractivity contribution is -0.119. The number of nitrogens with one attached hydrogen (secondary N) is 2. The molecule has 1 amide bonds. The maximum absolute atomic E-state index is 11.1. The summed E-state index contributed by atoms with van der Waals surface area (Å²) in [6.07, 6.45) is 3.57. The van der Waals surface area contributed by atoms with E-state index in [0.717, 1.165) is 27.8 Å². The van der Waals surface area contributed by atoms with Gasteiger partial charge in [-0.2, -0.15) is 0 Å². The fourth-order valence-corrected chi connectivity index (χ4v) is 4.01. The topological polar surface area (TPSA) is 123 Å². The van der Waals surface area contributed by atoms with E-state index in [1.807, 2.05) is 54.7 Å². The molecule has 8 nitrogen and oxygen atoms in total. The smallest absolute Gasteiger partial charge is 0.255 e. The number of aliphatic hydroxyl groups excluding tert-OH is 1. The van der Waals surface area contributed by atoms with Crippen LogP contribution in [-0.4, -0.2) is 47.4 Å². The number of carbonyl (C=O) groups is 1. The molecule has 0 radical (unpaired) electrons. The number of aromatic amines is 1. The molecule has 0 bridgehead atoms. The third-order valence-corrected chi connectivity index (χ3v) is 5.69. The number of β-amino-alcohol motifs (C(OH)–C–C–N with tert-alkyl or cyclic N) is 1. The highest BCUT2D eigenvalue weighted by atomic mass is 16.5. The van der Waals surface area contributed by atoms with Gasteiger partial charge in [0.1, 0.15) is 30.0 Å². The standard InChI is InChI=1S/C27H31N3O5/c1-27(2,13-18-14-29-26-20(18)8-5-10-24(26)35-17-25(28)32)30-15-19(31)16-34-23-9-4-3-7-21(23)22-11-6-12-33-22/h3-12,14,19,29-31H,13,15-17H2,1-2H3,(H2,28,32)/t19-/m0/s1. The molecule has 5 N–H and O–H groups in total. The minimum absolute atomic E-state index is 0.147. The molecule has 184 valence electrons. The Hall–Kier alpha value is -3.75. The average molecular weight is 478 g/mol. The van der Waals surface area contributed by atoms with Crippen LogP contribution in [0.2, 0.25) is 0 Å². The Kier molecular flexibility index (Phi) is 7.43. The van der Waals surface area contributed by atoms with Gasteiger partial charge in [0.25, 0.3) is 5.91 Å². The minimum Gasteiger partial charge on any atom is -0.490 e. The molecule has 0 saturated heterocycles. The van der Waals surface area contributed by atoms with E-state index < -0.39 is 12.0 Å². The molecule has 4 rings (SSSR count). The van der Waals surface area contributed by atoms with Gasteiger partial charge in [-0.05, 0) is 56.2 Å². The van der Waals surface area contributed by atoms with Gasteiger partial charge in [-0.25, -0.2) is 0 Å². The fraction of sp³-hybridized carbons (Fsp3) is 0.296. The van der Waals surface area contributed by atoms with Crippen LogP contribution in [-0.2, 0) is 11.2 Å². The van der Waals surface area contributed by atoms with Crippen LogP contribution in [0.5, 0.6) is 11.5 Å². The van der Waals surface area contributed by atoms with Crippen molar-refractivity contribution in [3.8, 4) is 22.8 Å². The van der Waals surface area contributed by atoms with E-state index in [-0.39, 0.29) is 18.8 Å². The van der Waals surface area contributed by atoms with Gasteiger partial charge < -0.3 is 35.0 Å². The Morgan fingerprint density at radius 2 is 1.91 bits per heavy atom. The van der Waals surface area contributed by atoms with Crippen LogP contribution in [0.15, 0.2) is 71.5 Å². The SMILES string of the molecule is CC(C)(Cc1c[nH]c2c(OCC(N)=O)cccc12)NC[C@H](O)COc1ccccc1-c1ccco1. The summed E-state index contributed by atoms with van der Waals surface area (Å²) < 4.78 is 16.9. The lowest BCUT2D eigenvalue weighted by Crippen LogP contribution is -2.46. The van der Waals surface area contributed by atoms with Crippen molar-refractivity contribution in [1.82, 2.24) is 10.3 Å². The zero-order chi connectivity index (χ0) is 24.8. The molecule has 2 aromatic carbocycles. The summed E-state index contributed by atoms with van der Waals surface area (Å²) >= 11 is 0. The van der Waals surface area contributed by atoms with Crippen LogP contribution in [0, 0.1) is 0 Å². The van der Waals surface area contributed by atoms with Gasteiger partial charge in [-0.1, -0.05) is 24.3 Å². The second kappa shape index (κ2) is 10.7. The van der Waals surface area contributed by atoms with Gasteiger partial charge in [0.2, 0.25) is 0 Å². The molecule has 35 heavy (non-hydrogen) atoms. The largest absolute Gasteiger partial charge is 0.490 e. The lowest BCUT2D eigenvalue weighted by Gasteiger charge is -2.28. The Balaban J connectivity index is 1.34. The third-order valence-electron chi connectivity index (χ3n) is 5.69. The number of hydrogen-bond acceptors (Lipinski definition) is 6. The van der Waals surface area contributed by atoms with Gasteiger partial charge in [0, 0.05) is 23.7 Å². The number of para-hydroxylation sites is 2. The summed E-state index contributed by atoms with van der Waals surface area (Å²) in [6, 6.07) is 17.0. The molecule has 2 aromatic heterocycles. The quantitative estimate of drug-likeness (QED) is 0.247. The molecule has 1 atom stereocenters. The average Bonchev–Trinajstić information content (AvgIpc) is 3.51. The number of rotatable bonds is 12. The van der Waals surface area contributed by atoms with Gasteiger partial charge in [-0.15, -0.1) is 0 Å². The number of nitrogens with two attached hydrogens (primary N) is 1. The molecule has 8 heteroatoms. The zero-order valence-electron chi connectivity index (χ0n) is 19.9. The number of fused-ring (bicyclic) bond motifs is 1. The second-order valence-electron chi connectivity index (χ2n) is 9.13. The number of aromatic nitrogens is 1. The molecule has 0 fully saturated rings. The summed E-state index contributed by atoms with van der Waals surface area (Å²) in [5, 5.41) is 15.0. The first-order chi connectivity index (χ1) is 16.8. The summed E-state index contributed by atoms with van der Waals surface area (Å²) in [7, 11) is 0. The number of ether oxygens (including phenoxy) is 2. The van der Waals surface area contributed by atoms with Crippen LogP contribution in [0.25, 0.3) is 22.2 Å². The molecule has 0 aliphatic carbocycles. The van der Waals surface area contributed by atoms with Gasteiger partial charge in [0.15, 0.2) is 6.61 Å². The van der Waals surface area contributed by atoms with Crippen molar-refractivity contribution in [2.45, 2.75) is 31.9 Å². The van der Waals surface area contributed by atoms with Crippen molar-refractivity contribution in [1.29, 1.82) is 0 Å². The number of H-pyrrole nitrogens is 1. The first kappa shape index (κ1) is 24.4. The highest BCUT2D eigenvalue weighted by molar-refractivity contribution is 5.88. The van der Waals surface area contributed by atoms with E-state index in [1.54, 1.807) is 12.3 Å². The molecule has 0 aliphatic heterocycles. The number of benzene rings is 2. The molecule has 0 saturated carbocycles. The van der Waals surface area contributed by atoms with Crippen molar-refractivity contribution in [2.24, 2.45) is 5.73 Å². The van der Waals surface area contributed by atoms with Crippen LogP contribution in [0.3, 0.4) is 0 Å². The van der Waals surface area contributed by atoms with Gasteiger partial charge in [0.05, 0.1) is 17.3 Å². The minimum atomic E-state index is -0.698. The van der Waals surface area contributed by atoms with Crippen molar-refractivity contribution in [3.05, 3.63) is 72.6 Å². The highest BCUT2D eigenvalue weighted by Gasteiger charge is 2.22. The first-order valence-electron chi connectivity index (χ1n) is 11.5. The monoisotopic (exact) mass is 477 g/mol. The Morgan fingerprint density at radius 1 is 1.11 bits per heavy atom. The lowest BCUT2D eigenvalue weighted by atomic mass is 9.94. The van der Waals surface area contributed by atoms with Crippen molar-refractivity contribution in [3.63, 3.8) is 0 Å². The zero-order valence-corrected chi connectivity index (χ0v) is 19.9. The number of hydrogen-bond donors (Lipinski definition) is 4. The highest BCUT2D eigenvalue weighted by Crippen LogP contribution is 2.31. The molecular formula is C27H31N3O5. The summed E-state index contributed by atoms with van der Waals surface area (Å²) in [4.78, 5) is 14.3. The van der Waals surface area contributed by atoms with Crippen LogP contribution in [0.4, 0.5) is 0 Å². The van der Waals surface area contributed by atoms with E-state index in [1.165, 1.54) is 0 Å². The molecule has 2 heterocycles. The maximum Gasteiger partial charge on any atom is 0.255 e. The number of amides is 1. The van der Waals surface area contributed by atoms with Gasteiger partial charge >= 0.3 is 0 Å². The number of carbonyl (C=O) groups excluding carboxylic acids is 1. The predicted molar refractivity (Wildman–Crippen MR) is 134 cm³/mol. The Morgan fingerprint density at radius 3 is 2.69 bits per heavy atom. The van der Waals surface area contributed by atoms with Crippen LogP contribution >= 0.6 is 0 Å². The molecule has 0 spiro atoms. The number of primary amides is 1. The van der Waals surface area contributed by atoms with Crippen molar-refractivity contribution in [2.75, 3.05) is 19.8 Å². The second-order valence-corrected chi connectivity index (χ2v) is 9.13. The van der Waals surface area contributed by atoms with Crippen molar-refractivity contribution >= 4 is 16.8 Å². The Bertz CT molecular complexity index is 1260. The summed E-state index contributed by atoms with van der Waals surface area (Å²) in [5.74, 6) is 1.44. The van der Waals surface area contributed by atoms with E-state index in [2.05, 4.69) is 24.1 Å². The van der Waals surface area contributed by atoms with E-state index in [4.69, 9.17) is 19.6 Å². The molecule has 4 aromatic rings. The molecule has 0 unspecified atom stereocenters. The summed E-state index contributed by atoms with van der Waals surface area (Å²) in [6.45, 7) is 4.50.